The van der Waals surface area contributed by atoms with Gasteiger partial charge in [-0.05, 0) is 11.4 Å². The van der Waals surface area contributed by atoms with Gasteiger partial charge in [0.15, 0.2) is 11.5 Å². The number of nitrogens with one attached hydrogen (secondary N) is 1. The van der Waals surface area contributed by atoms with Crippen LogP contribution in [0.25, 0.3) is 10.6 Å². The Labute approximate surface area is 121 Å². The number of rotatable bonds is 2. The Kier molecular flexibility index (Phi) is 4.57. The van der Waals surface area contributed by atoms with E-state index in [1.54, 1.807) is 22.3 Å². The topological polar surface area (TPSA) is 58.4 Å². The van der Waals surface area contributed by atoms with Gasteiger partial charge >= 0.3 is 0 Å². The van der Waals surface area contributed by atoms with Gasteiger partial charge in [0.05, 0.1) is 4.88 Å². The molecule has 0 unspecified atom stereocenters. The second-order valence-electron chi connectivity index (χ2n) is 4.10. The fourth-order valence-corrected chi connectivity index (χ4v) is 2.61. The number of halogens is 1. The summed E-state index contributed by atoms with van der Waals surface area (Å²) in [6.45, 7) is 3.11. The summed E-state index contributed by atoms with van der Waals surface area (Å²) in [6, 6.07) is 5.61. The molecule has 1 fully saturated rings. The molecule has 102 valence electrons. The van der Waals surface area contributed by atoms with Crippen molar-refractivity contribution < 1.29 is 21.7 Å². The number of hydrogen-bond donors (Lipinski definition) is 1. The molecular formula is C12H13ClN3O2S-. The Morgan fingerprint density at radius 2 is 2.21 bits per heavy atom. The first-order chi connectivity index (χ1) is 8.84. The first-order valence-corrected chi connectivity index (χ1v) is 6.73. The molecule has 1 aliphatic rings. The van der Waals surface area contributed by atoms with E-state index in [9.17, 15) is 4.79 Å². The van der Waals surface area contributed by atoms with Crippen molar-refractivity contribution in [3.63, 3.8) is 0 Å². The van der Waals surface area contributed by atoms with Crippen molar-refractivity contribution in [3.8, 4) is 10.6 Å². The highest BCUT2D eigenvalue weighted by molar-refractivity contribution is 7.13. The minimum absolute atomic E-state index is 0. The summed E-state index contributed by atoms with van der Waals surface area (Å²) >= 11 is 1.57. The molecule has 5 nitrogen and oxygen atoms in total. The van der Waals surface area contributed by atoms with Crippen LogP contribution < -0.4 is 17.7 Å². The van der Waals surface area contributed by atoms with Crippen molar-refractivity contribution >= 4 is 17.2 Å². The third-order valence-electron chi connectivity index (χ3n) is 2.90. The van der Waals surface area contributed by atoms with Gasteiger partial charge in [-0.2, -0.15) is 0 Å². The van der Waals surface area contributed by atoms with Crippen LogP contribution >= 0.6 is 11.3 Å². The normalized spacial score (nSPS) is 15.1. The molecule has 0 spiro atoms. The summed E-state index contributed by atoms with van der Waals surface area (Å²) in [5.41, 5.74) is 0.389. The molecule has 0 bridgehead atoms. The minimum atomic E-state index is -0.0527. The van der Waals surface area contributed by atoms with E-state index in [1.807, 2.05) is 17.5 Å². The summed E-state index contributed by atoms with van der Waals surface area (Å²) in [5, 5.41) is 9.05. The molecule has 0 aliphatic carbocycles. The maximum absolute atomic E-state index is 12.2. The molecule has 1 N–H and O–H groups in total. The van der Waals surface area contributed by atoms with Crippen LogP contribution in [0.15, 0.2) is 28.1 Å². The summed E-state index contributed by atoms with van der Waals surface area (Å²) in [4.78, 5) is 14.9. The van der Waals surface area contributed by atoms with Crippen molar-refractivity contribution in [2.24, 2.45) is 0 Å². The van der Waals surface area contributed by atoms with Crippen molar-refractivity contribution in [2.75, 3.05) is 26.2 Å². The molecule has 1 saturated heterocycles. The highest BCUT2D eigenvalue weighted by Gasteiger charge is 2.21. The number of carbonyl (C=O) groups is 1. The van der Waals surface area contributed by atoms with E-state index in [0.29, 0.717) is 11.5 Å². The van der Waals surface area contributed by atoms with Crippen LogP contribution in [0, 0.1) is 0 Å². The van der Waals surface area contributed by atoms with Gasteiger partial charge in [-0.1, -0.05) is 11.2 Å². The maximum Gasteiger partial charge on any atom is 0.276 e. The van der Waals surface area contributed by atoms with E-state index < -0.39 is 0 Å². The summed E-state index contributed by atoms with van der Waals surface area (Å²) in [5.74, 6) is 0.603. The lowest BCUT2D eigenvalue weighted by Crippen LogP contribution is -3.00. The van der Waals surface area contributed by atoms with Crippen molar-refractivity contribution in [1.82, 2.24) is 15.4 Å². The van der Waals surface area contributed by atoms with Gasteiger partial charge in [0.25, 0.3) is 5.91 Å². The number of aromatic nitrogens is 1. The molecule has 0 atom stereocenters. The molecule has 3 rings (SSSR count). The van der Waals surface area contributed by atoms with Crippen molar-refractivity contribution in [2.45, 2.75) is 0 Å². The Morgan fingerprint density at radius 1 is 1.42 bits per heavy atom. The number of amides is 1. The van der Waals surface area contributed by atoms with E-state index in [1.165, 1.54) is 0 Å². The largest absolute Gasteiger partial charge is 1.00 e. The lowest BCUT2D eigenvalue weighted by atomic mass is 10.2. The molecular weight excluding hydrogens is 286 g/mol. The highest BCUT2D eigenvalue weighted by atomic mass is 35.5. The van der Waals surface area contributed by atoms with Crippen LogP contribution in [0.3, 0.4) is 0 Å². The zero-order valence-electron chi connectivity index (χ0n) is 10.1. The Hall–Kier alpha value is -1.37. The van der Waals surface area contributed by atoms with E-state index in [0.717, 1.165) is 31.1 Å². The molecule has 2 aromatic rings. The molecule has 3 heterocycles. The second-order valence-corrected chi connectivity index (χ2v) is 5.04. The fourth-order valence-electron chi connectivity index (χ4n) is 1.94. The summed E-state index contributed by atoms with van der Waals surface area (Å²) in [7, 11) is 0. The maximum atomic E-state index is 12.2. The van der Waals surface area contributed by atoms with Crippen LogP contribution in [0.1, 0.15) is 10.5 Å². The van der Waals surface area contributed by atoms with Crippen LogP contribution in [-0.4, -0.2) is 42.1 Å². The molecule has 0 saturated carbocycles. The summed E-state index contributed by atoms with van der Waals surface area (Å²) in [6.07, 6.45) is 0. The van der Waals surface area contributed by atoms with Crippen LogP contribution in [-0.2, 0) is 0 Å². The zero-order valence-corrected chi connectivity index (χ0v) is 11.7. The molecule has 19 heavy (non-hydrogen) atoms. The first-order valence-electron chi connectivity index (χ1n) is 5.85. The summed E-state index contributed by atoms with van der Waals surface area (Å²) < 4.78 is 5.22. The van der Waals surface area contributed by atoms with Crippen LogP contribution in [0.5, 0.6) is 0 Å². The fraction of sp³-hybridized carbons (Fsp3) is 0.333. The van der Waals surface area contributed by atoms with Gasteiger partial charge in [0, 0.05) is 32.2 Å². The average molecular weight is 299 g/mol. The highest BCUT2D eigenvalue weighted by Crippen LogP contribution is 2.25. The minimum Gasteiger partial charge on any atom is -1.00 e. The SMILES string of the molecule is O=C(c1cc(-c2cccs2)on1)N1CCNCC1.[Cl-]. The van der Waals surface area contributed by atoms with Crippen LogP contribution in [0.2, 0.25) is 0 Å². The lowest BCUT2D eigenvalue weighted by Gasteiger charge is -2.26. The number of piperazine rings is 1. The van der Waals surface area contributed by atoms with E-state index in [-0.39, 0.29) is 18.3 Å². The molecule has 2 aromatic heterocycles. The number of thiophene rings is 1. The van der Waals surface area contributed by atoms with E-state index in [2.05, 4.69) is 10.5 Å². The average Bonchev–Trinajstić information content (AvgIpc) is 3.09. The van der Waals surface area contributed by atoms with Crippen molar-refractivity contribution in [1.29, 1.82) is 0 Å². The van der Waals surface area contributed by atoms with Gasteiger partial charge in [0.1, 0.15) is 0 Å². The van der Waals surface area contributed by atoms with Crippen molar-refractivity contribution in [3.05, 3.63) is 29.3 Å². The Bertz CT molecular complexity index is 535. The molecule has 0 radical (unpaired) electrons. The van der Waals surface area contributed by atoms with Gasteiger partial charge in [-0.15, -0.1) is 11.3 Å². The Balaban J connectivity index is 0.00000133. The predicted octanol–water partition coefficient (Wildman–Crippen LogP) is -1.55. The van der Waals surface area contributed by atoms with Gasteiger partial charge in [-0.25, -0.2) is 0 Å². The molecule has 1 aliphatic heterocycles. The quantitative estimate of drug-likeness (QED) is 0.730. The zero-order chi connectivity index (χ0) is 12.4. The van der Waals surface area contributed by atoms with E-state index in [4.69, 9.17) is 4.52 Å². The van der Waals surface area contributed by atoms with E-state index >= 15 is 0 Å². The third-order valence-corrected chi connectivity index (χ3v) is 3.78. The third kappa shape index (κ3) is 2.97. The monoisotopic (exact) mass is 298 g/mol. The lowest BCUT2D eigenvalue weighted by molar-refractivity contribution is -0.0000140. The molecule has 1 amide bonds. The number of nitrogens with zero attached hydrogens (tertiary/aromatic N) is 2. The Morgan fingerprint density at radius 3 is 2.89 bits per heavy atom. The first kappa shape index (κ1) is 14.0. The number of hydrogen-bond acceptors (Lipinski definition) is 5. The van der Waals surface area contributed by atoms with Gasteiger partial charge in [0.2, 0.25) is 0 Å². The molecule has 7 heteroatoms. The molecule has 0 aromatic carbocycles. The smallest absolute Gasteiger partial charge is 0.276 e. The van der Waals surface area contributed by atoms with Crippen LogP contribution in [0.4, 0.5) is 0 Å². The van der Waals surface area contributed by atoms with Gasteiger partial charge in [-0.3, -0.25) is 4.79 Å². The predicted molar refractivity (Wildman–Crippen MR) is 68.6 cm³/mol. The standard InChI is InChI=1S/C12H13N3O2S.ClH/c16-12(15-5-3-13-4-6-15)9-8-10(17-14-9)11-2-1-7-18-11;/h1-2,7-8,13H,3-6H2;1H/p-1. The van der Waals surface area contributed by atoms with Gasteiger partial charge < -0.3 is 27.1 Å². The number of carbonyl (C=O) groups excluding carboxylic acids is 1. The second kappa shape index (κ2) is 6.18.